The van der Waals surface area contributed by atoms with Crippen molar-refractivity contribution in [1.29, 1.82) is 0 Å². The van der Waals surface area contributed by atoms with Crippen LogP contribution in [0.2, 0.25) is 0 Å². The summed E-state index contributed by atoms with van der Waals surface area (Å²) in [5, 5.41) is 6.13. The zero-order valence-electron chi connectivity index (χ0n) is 15.0. The fraction of sp³-hybridized carbons (Fsp3) is 0.947. The Balaban J connectivity index is 1.28. The van der Waals surface area contributed by atoms with Crippen molar-refractivity contribution in [2.24, 2.45) is 0 Å². The third kappa shape index (κ3) is 5.35. The molecule has 5 heteroatoms. The molecule has 3 fully saturated rings. The van der Waals surface area contributed by atoms with E-state index >= 15 is 0 Å². The van der Waals surface area contributed by atoms with E-state index in [0.717, 1.165) is 45.3 Å². The van der Waals surface area contributed by atoms with Gasteiger partial charge in [-0.25, -0.2) is 4.79 Å². The molecule has 2 N–H and O–H groups in total. The normalized spacial score (nSPS) is 27.2. The van der Waals surface area contributed by atoms with Gasteiger partial charge in [-0.1, -0.05) is 32.1 Å². The number of rotatable bonds is 6. The van der Waals surface area contributed by atoms with Crippen LogP contribution in [0.15, 0.2) is 0 Å². The lowest BCUT2D eigenvalue weighted by Crippen LogP contribution is -2.51. The van der Waals surface area contributed by atoms with Gasteiger partial charge in [-0.05, 0) is 44.9 Å². The zero-order chi connectivity index (χ0) is 16.7. The van der Waals surface area contributed by atoms with Crippen molar-refractivity contribution in [2.45, 2.75) is 94.8 Å². The molecule has 0 aromatic heterocycles. The topological polar surface area (TPSA) is 59.6 Å². The molecule has 0 aromatic carbocycles. The number of urea groups is 1. The number of hydrogen-bond donors (Lipinski definition) is 2. The van der Waals surface area contributed by atoms with E-state index in [1.54, 1.807) is 0 Å². The second kappa shape index (κ2) is 9.04. The second-order valence-electron chi connectivity index (χ2n) is 7.81. The molecule has 2 aliphatic carbocycles. The Morgan fingerprint density at radius 3 is 2.67 bits per heavy atom. The Kier molecular flexibility index (Phi) is 6.78. The highest BCUT2D eigenvalue weighted by atomic mass is 16.5. The maximum absolute atomic E-state index is 12.1. The molecule has 0 aromatic rings. The van der Waals surface area contributed by atoms with E-state index in [9.17, 15) is 4.79 Å². The van der Waals surface area contributed by atoms with Crippen LogP contribution in [0.5, 0.6) is 0 Å². The van der Waals surface area contributed by atoms with Crippen molar-refractivity contribution in [3.05, 3.63) is 0 Å². The van der Waals surface area contributed by atoms with Gasteiger partial charge in [0.25, 0.3) is 0 Å². The molecule has 0 bridgehead atoms. The SMILES string of the molecule is O=C(NCCCOC1CCCC1)N[C@@H]1CCOC2(CCCCC2)C1. The zero-order valence-corrected chi connectivity index (χ0v) is 15.0. The lowest BCUT2D eigenvalue weighted by molar-refractivity contribution is -0.107. The Hall–Kier alpha value is -0.810. The average molecular weight is 338 g/mol. The predicted octanol–water partition coefficient (Wildman–Crippen LogP) is 3.52. The molecule has 3 rings (SSSR count). The van der Waals surface area contributed by atoms with E-state index in [1.165, 1.54) is 44.9 Å². The average Bonchev–Trinajstić information content (AvgIpc) is 3.09. The smallest absolute Gasteiger partial charge is 0.315 e. The second-order valence-corrected chi connectivity index (χ2v) is 7.81. The molecule has 2 saturated carbocycles. The highest BCUT2D eigenvalue weighted by molar-refractivity contribution is 5.74. The molecule has 0 unspecified atom stereocenters. The standard InChI is InChI=1S/C19H34N2O3/c22-18(20-12-6-13-23-17-7-2-3-8-17)21-16-9-14-24-19(15-16)10-4-1-5-11-19/h16-17H,1-15H2,(H2,20,21,22)/t16-/m1/s1. The van der Waals surface area contributed by atoms with Crippen LogP contribution >= 0.6 is 0 Å². The van der Waals surface area contributed by atoms with Gasteiger partial charge in [-0.3, -0.25) is 0 Å². The summed E-state index contributed by atoms with van der Waals surface area (Å²) in [6, 6.07) is 0.223. The van der Waals surface area contributed by atoms with Gasteiger partial charge in [0.05, 0.1) is 11.7 Å². The van der Waals surface area contributed by atoms with E-state index < -0.39 is 0 Å². The number of carbonyl (C=O) groups excluding carboxylic acids is 1. The van der Waals surface area contributed by atoms with Gasteiger partial charge in [-0.15, -0.1) is 0 Å². The maximum Gasteiger partial charge on any atom is 0.315 e. The first kappa shape index (κ1) is 18.0. The first-order valence-corrected chi connectivity index (χ1v) is 10.1. The minimum Gasteiger partial charge on any atom is -0.378 e. The van der Waals surface area contributed by atoms with Crippen molar-refractivity contribution in [3.8, 4) is 0 Å². The van der Waals surface area contributed by atoms with E-state index in [2.05, 4.69) is 10.6 Å². The van der Waals surface area contributed by atoms with Gasteiger partial charge in [0.1, 0.15) is 0 Å². The highest BCUT2D eigenvalue weighted by Gasteiger charge is 2.38. The largest absolute Gasteiger partial charge is 0.378 e. The van der Waals surface area contributed by atoms with E-state index in [1.807, 2.05) is 0 Å². The number of amides is 2. The van der Waals surface area contributed by atoms with Gasteiger partial charge < -0.3 is 20.1 Å². The van der Waals surface area contributed by atoms with Crippen LogP contribution in [0.25, 0.3) is 0 Å². The van der Waals surface area contributed by atoms with Crippen LogP contribution in [0.4, 0.5) is 4.79 Å². The Morgan fingerprint density at radius 1 is 1.08 bits per heavy atom. The van der Waals surface area contributed by atoms with Crippen LogP contribution in [0.3, 0.4) is 0 Å². The maximum atomic E-state index is 12.1. The molecule has 1 heterocycles. The molecule has 1 saturated heterocycles. The summed E-state index contributed by atoms with van der Waals surface area (Å²) in [6.07, 6.45) is 14.5. The minimum atomic E-state index is -0.0336. The summed E-state index contributed by atoms with van der Waals surface area (Å²) in [5.41, 5.74) is 0.0452. The molecular weight excluding hydrogens is 304 g/mol. The number of nitrogens with one attached hydrogen (secondary N) is 2. The molecule has 138 valence electrons. The molecule has 1 atom stereocenters. The molecule has 3 aliphatic rings. The molecule has 1 spiro atoms. The summed E-state index contributed by atoms with van der Waals surface area (Å²) in [7, 11) is 0. The lowest BCUT2D eigenvalue weighted by atomic mass is 9.78. The summed E-state index contributed by atoms with van der Waals surface area (Å²) < 4.78 is 11.9. The summed E-state index contributed by atoms with van der Waals surface area (Å²) in [5.74, 6) is 0. The Labute approximate surface area is 146 Å². The van der Waals surface area contributed by atoms with Crippen molar-refractivity contribution < 1.29 is 14.3 Å². The number of ether oxygens (including phenoxy) is 2. The van der Waals surface area contributed by atoms with Crippen molar-refractivity contribution >= 4 is 6.03 Å². The highest BCUT2D eigenvalue weighted by Crippen LogP contribution is 2.38. The third-order valence-electron chi connectivity index (χ3n) is 5.86. The molecular formula is C19H34N2O3. The quantitative estimate of drug-likeness (QED) is 0.729. The van der Waals surface area contributed by atoms with E-state index in [4.69, 9.17) is 9.47 Å². The van der Waals surface area contributed by atoms with Crippen LogP contribution in [0, 0.1) is 0 Å². The monoisotopic (exact) mass is 338 g/mol. The first-order chi connectivity index (χ1) is 11.8. The predicted molar refractivity (Wildman–Crippen MR) is 94.1 cm³/mol. The molecule has 2 amide bonds. The first-order valence-electron chi connectivity index (χ1n) is 10.1. The molecule has 1 aliphatic heterocycles. The van der Waals surface area contributed by atoms with Crippen molar-refractivity contribution in [2.75, 3.05) is 19.8 Å². The Bertz CT molecular complexity index is 385. The van der Waals surface area contributed by atoms with Crippen LogP contribution < -0.4 is 10.6 Å². The van der Waals surface area contributed by atoms with Gasteiger partial charge in [0.15, 0.2) is 0 Å². The van der Waals surface area contributed by atoms with Gasteiger partial charge in [-0.2, -0.15) is 0 Å². The van der Waals surface area contributed by atoms with E-state index in [0.29, 0.717) is 12.6 Å². The summed E-state index contributed by atoms with van der Waals surface area (Å²) in [6.45, 7) is 2.22. The van der Waals surface area contributed by atoms with Crippen LogP contribution in [-0.4, -0.2) is 43.5 Å². The van der Waals surface area contributed by atoms with Crippen LogP contribution in [0.1, 0.15) is 77.0 Å². The van der Waals surface area contributed by atoms with Gasteiger partial charge in [0, 0.05) is 25.8 Å². The van der Waals surface area contributed by atoms with E-state index in [-0.39, 0.29) is 17.7 Å². The lowest BCUT2D eigenvalue weighted by Gasteiger charge is -2.43. The number of hydrogen-bond acceptors (Lipinski definition) is 3. The number of carbonyl (C=O) groups is 1. The Morgan fingerprint density at radius 2 is 1.88 bits per heavy atom. The van der Waals surface area contributed by atoms with Gasteiger partial charge in [0.2, 0.25) is 0 Å². The fourth-order valence-electron chi connectivity index (χ4n) is 4.51. The van der Waals surface area contributed by atoms with Gasteiger partial charge >= 0.3 is 6.03 Å². The molecule has 0 radical (unpaired) electrons. The fourth-order valence-corrected chi connectivity index (χ4v) is 4.51. The molecule has 5 nitrogen and oxygen atoms in total. The van der Waals surface area contributed by atoms with Crippen LogP contribution in [-0.2, 0) is 9.47 Å². The van der Waals surface area contributed by atoms with Crippen molar-refractivity contribution in [3.63, 3.8) is 0 Å². The third-order valence-corrected chi connectivity index (χ3v) is 5.86. The molecule has 24 heavy (non-hydrogen) atoms. The van der Waals surface area contributed by atoms with Crippen molar-refractivity contribution in [1.82, 2.24) is 10.6 Å². The minimum absolute atomic E-state index is 0.0336. The summed E-state index contributed by atoms with van der Waals surface area (Å²) >= 11 is 0. The summed E-state index contributed by atoms with van der Waals surface area (Å²) in [4.78, 5) is 12.1.